The highest BCUT2D eigenvalue weighted by atomic mass is 32.2. The van der Waals surface area contributed by atoms with Crippen molar-refractivity contribution in [1.82, 2.24) is 13.8 Å². The van der Waals surface area contributed by atoms with Crippen LogP contribution in [-0.2, 0) is 15.6 Å². The van der Waals surface area contributed by atoms with Gasteiger partial charge < -0.3 is 5.11 Å². The summed E-state index contributed by atoms with van der Waals surface area (Å²) in [5, 5.41) is 16.0. The number of fused-ring (bicyclic) bond motifs is 2. The molecule has 6 nitrogen and oxygen atoms in total. The largest absolute Gasteiger partial charge is 0.425 e. The van der Waals surface area contributed by atoms with E-state index in [1.807, 2.05) is 0 Å². The van der Waals surface area contributed by atoms with Crippen LogP contribution in [0.5, 0.6) is 0 Å². The van der Waals surface area contributed by atoms with E-state index in [4.69, 9.17) is 0 Å². The molecule has 11 heteroatoms. The second kappa shape index (κ2) is 9.04. The second-order valence-electron chi connectivity index (χ2n) is 9.19. The smallest absolute Gasteiger partial charge is 0.372 e. The lowest BCUT2D eigenvalue weighted by molar-refractivity contribution is -0.247. The van der Waals surface area contributed by atoms with Gasteiger partial charge in [0.05, 0.1) is 27.8 Å². The van der Waals surface area contributed by atoms with E-state index in [1.165, 1.54) is 89.7 Å². The van der Waals surface area contributed by atoms with Gasteiger partial charge in [-0.2, -0.15) is 18.3 Å². The fourth-order valence-electron chi connectivity index (χ4n) is 4.86. The zero-order valence-electron chi connectivity index (χ0n) is 20.4. The number of alkyl halides is 3. The van der Waals surface area contributed by atoms with Crippen LogP contribution >= 0.6 is 0 Å². The number of hydrogen-bond acceptors (Lipinski definition) is 4. The van der Waals surface area contributed by atoms with Gasteiger partial charge in [-0.05, 0) is 60.2 Å². The quantitative estimate of drug-likeness (QED) is 0.254. The van der Waals surface area contributed by atoms with Crippen LogP contribution in [0, 0.1) is 5.82 Å². The minimum absolute atomic E-state index is 0.0192. The van der Waals surface area contributed by atoms with Gasteiger partial charge in [0.1, 0.15) is 5.82 Å². The molecule has 4 aromatic carbocycles. The number of halogens is 4. The Kier molecular flexibility index (Phi) is 5.82. The van der Waals surface area contributed by atoms with E-state index in [0.29, 0.717) is 11.2 Å². The summed E-state index contributed by atoms with van der Waals surface area (Å²) in [5.74, 6) is -0.453. The van der Waals surface area contributed by atoms with Crippen LogP contribution in [0.3, 0.4) is 0 Å². The van der Waals surface area contributed by atoms with Crippen molar-refractivity contribution >= 4 is 31.8 Å². The summed E-state index contributed by atoms with van der Waals surface area (Å²) in [6, 6.07) is 22.1. The molecule has 1 N–H and O–H groups in total. The van der Waals surface area contributed by atoms with Crippen molar-refractivity contribution in [2.75, 3.05) is 0 Å². The third-order valence-electron chi connectivity index (χ3n) is 6.84. The normalized spacial score (nSPS) is 14.0. The fourth-order valence-corrected chi connectivity index (χ4v) is 6.25. The highest BCUT2D eigenvalue weighted by Crippen LogP contribution is 2.48. The molecule has 1 atom stereocenters. The first-order valence-electron chi connectivity index (χ1n) is 12.0. The van der Waals surface area contributed by atoms with Crippen LogP contribution in [0.2, 0.25) is 0 Å². The molecule has 1 unspecified atom stereocenters. The van der Waals surface area contributed by atoms with Gasteiger partial charge in [0.15, 0.2) is 0 Å². The maximum absolute atomic E-state index is 14.9. The highest BCUT2D eigenvalue weighted by Gasteiger charge is 2.57. The van der Waals surface area contributed by atoms with Gasteiger partial charge >= 0.3 is 6.18 Å². The number of para-hydroxylation sites is 1. The van der Waals surface area contributed by atoms with Crippen molar-refractivity contribution in [1.29, 1.82) is 0 Å². The molecule has 0 bridgehead atoms. The Morgan fingerprint density at radius 2 is 1.48 bits per heavy atom. The van der Waals surface area contributed by atoms with E-state index in [9.17, 15) is 31.1 Å². The summed E-state index contributed by atoms with van der Waals surface area (Å²) >= 11 is 0. The summed E-state index contributed by atoms with van der Waals surface area (Å²) in [7, 11) is -4.30. The molecule has 0 saturated heterocycles. The Morgan fingerprint density at radius 1 is 0.800 bits per heavy atom. The number of hydrogen-bond donors (Lipinski definition) is 1. The van der Waals surface area contributed by atoms with Gasteiger partial charge in [-0.1, -0.05) is 42.5 Å². The van der Waals surface area contributed by atoms with Crippen molar-refractivity contribution in [2.24, 2.45) is 0 Å². The minimum Gasteiger partial charge on any atom is -0.372 e. The summed E-state index contributed by atoms with van der Waals surface area (Å²) in [6.07, 6.45) is -3.08. The first-order valence-corrected chi connectivity index (χ1v) is 13.4. The van der Waals surface area contributed by atoms with Crippen molar-refractivity contribution in [2.45, 2.75) is 16.7 Å². The molecule has 0 fully saturated rings. The van der Waals surface area contributed by atoms with Crippen molar-refractivity contribution < 1.29 is 31.1 Å². The Labute approximate surface area is 225 Å². The van der Waals surface area contributed by atoms with Gasteiger partial charge in [-0.15, -0.1) is 0 Å². The molecule has 40 heavy (non-hydrogen) atoms. The Morgan fingerprint density at radius 3 is 2.17 bits per heavy atom. The standard InChI is InChI=1S/C29H19F4N3O3S/c30-21-11-13-22(14-12-21)36-26-15-10-20(16-19(26)17-34-36)28(37,29(31,32)33)25-18-35(27-9-5-4-8-24(25)27)40(38,39)23-6-2-1-3-7-23/h1-18,37H. The van der Waals surface area contributed by atoms with Crippen molar-refractivity contribution in [3.05, 3.63) is 126 Å². The van der Waals surface area contributed by atoms with Crippen molar-refractivity contribution in [3.8, 4) is 5.69 Å². The minimum atomic E-state index is -5.24. The van der Waals surface area contributed by atoms with E-state index >= 15 is 0 Å². The predicted octanol–water partition coefficient (Wildman–Crippen LogP) is 6.15. The molecular formula is C29H19F4N3O3S. The maximum atomic E-state index is 14.9. The summed E-state index contributed by atoms with van der Waals surface area (Å²) < 4.78 is 87.1. The van der Waals surface area contributed by atoms with Gasteiger partial charge in [-0.25, -0.2) is 21.5 Å². The molecule has 2 aromatic heterocycles. The molecule has 0 saturated carbocycles. The zero-order chi connectivity index (χ0) is 28.3. The molecule has 0 aliphatic carbocycles. The van der Waals surface area contributed by atoms with E-state index in [1.54, 1.807) is 6.07 Å². The Hall–Kier alpha value is -4.48. The predicted molar refractivity (Wildman–Crippen MR) is 141 cm³/mol. The number of rotatable bonds is 5. The van der Waals surface area contributed by atoms with E-state index in [-0.39, 0.29) is 21.2 Å². The molecule has 2 heterocycles. The molecule has 202 valence electrons. The van der Waals surface area contributed by atoms with E-state index in [0.717, 1.165) is 22.3 Å². The van der Waals surface area contributed by atoms with Crippen LogP contribution in [0.4, 0.5) is 17.6 Å². The molecule has 6 rings (SSSR count). The lowest BCUT2D eigenvalue weighted by Gasteiger charge is -2.31. The van der Waals surface area contributed by atoms with E-state index in [2.05, 4.69) is 5.10 Å². The number of aliphatic hydroxyl groups is 1. The molecule has 0 aliphatic heterocycles. The van der Waals surface area contributed by atoms with Gasteiger partial charge in [-0.3, -0.25) is 0 Å². The van der Waals surface area contributed by atoms with Gasteiger partial charge in [0.25, 0.3) is 10.0 Å². The molecule has 0 aliphatic rings. The summed E-state index contributed by atoms with van der Waals surface area (Å²) in [5.41, 5.74) is -3.84. The highest BCUT2D eigenvalue weighted by molar-refractivity contribution is 7.90. The summed E-state index contributed by atoms with van der Waals surface area (Å²) in [6.45, 7) is 0. The maximum Gasteiger partial charge on any atom is 0.425 e. The first-order chi connectivity index (χ1) is 19.0. The number of aromatic nitrogens is 3. The Balaban J connectivity index is 1.57. The number of nitrogens with zero attached hydrogens (tertiary/aromatic N) is 3. The van der Waals surface area contributed by atoms with Crippen LogP contribution in [-0.4, -0.2) is 33.5 Å². The first kappa shape index (κ1) is 25.8. The molecular weight excluding hydrogens is 546 g/mol. The monoisotopic (exact) mass is 565 g/mol. The van der Waals surface area contributed by atoms with Crippen LogP contribution in [0.1, 0.15) is 11.1 Å². The topological polar surface area (TPSA) is 77.1 Å². The van der Waals surface area contributed by atoms with E-state index < -0.39 is 38.7 Å². The third kappa shape index (κ3) is 3.89. The van der Waals surface area contributed by atoms with Gasteiger partial charge in [0, 0.05) is 22.5 Å². The van der Waals surface area contributed by atoms with Gasteiger partial charge in [0.2, 0.25) is 5.60 Å². The Bertz CT molecular complexity index is 1980. The SMILES string of the molecule is O=S(=O)(c1ccccc1)n1cc(C(O)(c2ccc3c(cnn3-c3ccc(F)cc3)c2)C(F)(F)F)c2ccccc21. The van der Waals surface area contributed by atoms with Crippen molar-refractivity contribution in [3.63, 3.8) is 0 Å². The third-order valence-corrected chi connectivity index (χ3v) is 8.52. The average Bonchev–Trinajstić information content (AvgIpc) is 3.55. The average molecular weight is 566 g/mol. The van der Waals surface area contributed by atoms with Crippen LogP contribution < -0.4 is 0 Å². The molecule has 0 radical (unpaired) electrons. The summed E-state index contributed by atoms with van der Waals surface area (Å²) in [4.78, 5) is -0.118. The fraction of sp³-hybridized carbons (Fsp3) is 0.0690. The second-order valence-corrected chi connectivity index (χ2v) is 11.0. The zero-order valence-corrected chi connectivity index (χ0v) is 21.2. The number of benzene rings is 4. The lowest BCUT2D eigenvalue weighted by Crippen LogP contribution is -2.43. The lowest BCUT2D eigenvalue weighted by atomic mass is 9.85. The molecule has 0 amide bonds. The molecule has 6 aromatic rings. The van der Waals surface area contributed by atoms with Crippen LogP contribution in [0.15, 0.2) is 114 Å². The molecule has 0 spiro atoms. The van der Waals surface area contributed by atoms with Crippen LogP contribution in [0.25, 0.3) is 27.5 Å².